The highest BCUT2D eigenvalue weighted by Crippen LogP contribution is 2.62. The number of allylic oxidation sites excluding steroid dienone is 4. The van der Waals surface area contributed by atoms with E-state index in [2.05, 4.69) is 156 Å². The van der Waals surface area contributed by atoms with Gasteiger partial charge in [0, 0.05) is 28.6 Å². The summed E-state index contributed by atoms with van der Waals surface area (Å²) >= 11 is 0. The Morgan fingerprint density at radius 1 is 0.755 bits per heavy atom. The quantitative estimate of drug-likeness (QED) is 0.144. The molecule has 0 amide bonds. The highest BCUT2D eigenvalue weighted by molar-refractivity contribution is 7.83. The van der Waals surface area contributed by atoms with Crippen LogP contribution in [0.2, 0.25) is 0 Å². The standard InChI is InChI=1S/C48H47N3OP/c1-2-10-28-53(29-11-4-12-30-53)46-25-24-38(32-39(46)18-5-1)44-33-43(50-48(51-44)36-16-6-3-7-17-36)37-19-13-15-35(31-37)26-27-49-34-40-20-14-22-42-41-21-8-9-23-45(41)52-47(40)42/h1-3,5-10,13-17,19-27,31-33,44,48-51H,4,11-12,18,28-30,34H2/q+1/b5-1-,10-2-,27-26-. The van der Waals surface area contributed by atoms with Crippen LogP contribution in [0.15, 0.2) is 156 Å². The Labute approximate surface area is 313 Å². The minimum atomic E-state index is -1.20. The molecule has 4 nitrogen and oxygen atoms in total. The smallest absolute Gasteiger partial charge is 0.140 e. The van der Waals surface area contributed by atoms with Gasteiger partial charge in [-0.15, -0.1) is 0 Å². The van der Waals surface area contributed by atoms with Gasteiger partial charge in [0.2, 0.25) is 0 Å². The van der Waals surface area contributed by atoms with E-state index in [9.17, 15) is 0 Å². The van der Waals surface area contributed by atoms with Crippen molar-refractivity contribution in [2.45, 2.75) is 44.4 Å². The Balaban J connectivity index is 0.991. The predicted octanol–water partition coefficient (Wildman–Crippen LogP) is 10.8. The van der Waals surface area contributed by atoms with Gasteiger partial charge >= 0.3 is 0 Å². The molecular weight excluding hydrogens is 666 g/mol. The molecule has 1 spiro atoms. The maximum atomic E-state index is 6.25. The highest BCUT2D eigenvalue weighted by Gasteiger charge is 2.42. The van der Waals surface area contributed by atoms with E-state index in [1.165, 1.54) is 60.0 Å². The first-order valence-corrected chi connectivity index (χ1v) is 21.6. The van der Waals surface area contributed by atoms with Crippen molar-refractivity contribution in [2.24, 2.45) is 0 Å². The number of fused-ring (bicyclic) bond motifs is 5. The molecule has 0 saturated carbocycles. The Morgan fingerprint density at radius 2 is 1.58 bits per heavy atom. The van der Waals surface area contributed by atoms with E-state index in [0.29, 0.717) is 6.54 Å². The summed E-state index contributed by atoms with van der Waals surface area (Å²) in [4.78, 5) is 0. The van der Waals surface area contributed by atoms with Gasteiger partial charge < -0.3 is 15.1 Å². The monoisotopic (exact) mass is 712 g/mol. The predicted molar refractivity (Wildman–Crippen MR) is 226 cm³/mol. The van der Waals surface area contributed by atoms with Crippen molar-refractivity contribution in [3.63, 3.8) is 0 Å². The van der Waals surface area contributed by atoms with Crippen molar-refractivity contribution < 1.29 is 4.42 Å². The molecule has 3 N–H and O–H groups in total. The zero-order valence-electron chi connectivity index (χ0n) is 30.2. The summed E-state index contributed by atoms with van der Waals surface area (Å²) in [6, 6.07) is 41.8. The Morgan fingerprint density at radius 3 is 2.51 bits per heavy atom. The van der Waals surface area contributed by atoms with Gasteiger partial charge in [0.05, 0.1) is 37.1 Å². The molecule has 9 rings (SSSR count). The van der Waals surface area contributed by atoms with Crippen LogP contribution in [-0.2, 0) is 13.0 Å². The summed E-state index contributed by atoms with van der Waals surface area (Å²) in [5, 5.41) is 15.3. The van der Waals surface area contributed by atoms with Gasteiger partial charge in [0.25, 0.3) is 0 Å². The van der Waals surface area contributed by atoms with Gasteiger partial charge in [-0.25, -0.2) is 0 Å². The van der Waals surface area contributed by atoms with Crippen molar-refractivity contribution in [1.29, 1.82) is 0 Å². The molecule has 0 bridgehead atoms. The molecule has 3 aliphatic heterocycles. The highest BCUT2D eigenvalue weighted by atomic mass is 31.2. The average Bonchev–Trinajstić information content (AvgIpc) is 3.63. The van der Waals surface area contributed by atoms with Crippen LogP contribution in [0, 0.1) is 0 Å². The Hall–Kier alpha value is -5.15. The summed E-state index contributed by atoms with van der Waals surface area (Å²) < 4.78 is 6.25. The molecule has 1 fully saturated rings. The second-order valence-corrected chi connectivity index (χ2v) is 18.8. The molecule has 3 aliphatic rings. The minimum absolute atomic E-state index is 0.0190. The number of benzene rings is 5. The van der Waals surface area contributed by atoms with Crippen molar-refractivity contribution in [2.75, 3.05) is 18.5 Å². The number of nitrogens with one attached hydrogen (secondary N) is 3. The topological polar surface area (TPSA) is 49.2 Å². The second-order valence-electron chi connectivity index (χ2n) is 14.7. The second kappa shape index (κ2) is 15.1. The maximum Gasteiger partial charge on any atom is 0.140 e. The molecule has 264 valence electrons. The van der Waals surface area contributed by atoms with Crippen LogP contribution >= 0.6 is 7.26 Å². The van der Waals surface area contributed by atoms with Gasteiger partial charge in [-0.1, -0.05) is 109 Å². The lowest BCUT2D eigenvalue weighted by molar-refractivity contribution is 0.442. The van der Waals surface area contributed by atoms with E-state index in [1.54, 1.807) is 5.30 Å². The molecule has 1 aromatic heterocycles. The molecule has 0 radical (unpaired) electrons. The van der Waals surface area contributed by atoms with Gasteiger partial charge in [0.1, 0.15) is 17.3 Å². The van der Waals surface area contributed by atoms with Crippen LogP contribution in [0.3, 0.4) is 0 Å². The average molecular weight is 713 g/mol. The van der Waals surface area contributed by atoms with Crippen LogP contribution in [0.1, 0.15) is 64.9 Å². The fourth-order valence-corrected chi connectivity index (χ4v) is 13.2. The molecule has 2 unspecified atom stereocenters. The lowest BCUT2D eigenvalue weighted by Crippen LogP contribution is -2.39. The van der Waals surface area contributed by atoms with Crippen molar-refractivity contribution >= 4 is 46.3 Å². The normalized spacial score (nSPS) is 20.9. The number of hydrogen-bond donors (Lipinski definition) is 3. The SMILES string of the molecule is C1=C(c2cccc(/C=C\NCc3cccc4c3oc3ccccc34)c2)NC(c2ccccc2)NC1c1ccc2c(c1)C/C=C\C=C/C[P+]21CCCCC1. The van der Waals surface area contributed by atoms with Gasteiger partial charge in [-0.05, 0) is 102 Å². The molecule has 53 heavy (non-hydrogen) atoms. The van der Waals surface area contributed by atoms with Crippen molar-refractivity contribution in [1.82, 2.24) is 16.0 Å². The summed E-state index contributed by atoms with van der Waals surface area (Å²) in [5.74, 6) is 0. The molecule has 0 aliphatic carbocycles. The van der Waals surface area contributed by atoms with Gasteiger partial charge in [-0.3, -0.25) is 5.32 Å². The van der Waals surface area contributed by atoms with Crippen molar-refractivity contribution in [3.05, 3.63) is 185 Å². The molecule has 4 heterocycles. The minimum Gasteiger partial charge on any atom is -0.456 e. The summed E-state index contributed by atoms with van der Waals surface area (Å²) in [6.07, 6.45) is 25.1. The fourth-order valence-electron chi connectivity index (χ4n) is 8.59. The molecule has 6 aromatic rings. The first-order valence-electron chi connectivity index (χ1n) is 19.2. The van der Waals surface area contributed by atoms with E-state index < -0.39 is 7.26 Å². The zero-order valence-corrected chi connectivity index (χ0v) is 31.1. The molecule has 5 heteroatoms. The Kier molecular flexibility index (Phi) is 9.57. The number of para-hydroxylation sites is 2. The largest absolute Gasteiger partial charge is 0.456 e. The molecule has 2 atom stereocenters. The zero-order chi connectivity index (χ0) is 35.5. The molecule has 5 aromatic carbocycles. The first-order chi connectivity index (χ1) is 26.2. The lowest BCUT2D eigenvalue weighted by atomic mass is 9.96. The van der Waals surface area contributed by atoms with Gasteiger partial charge in [-0.2, -0.15) is 0 Å². The number of furan rings is 1. The first kappa shape index (κ1) is 33.7. The van der Waals surface area contributed by atoms with E-state index in [-0.39, 0.29) is 12.2 Å². The fraction of sp³-hybridized carbons (Fsp3) is 0.208. The van der Waals surface area contributed by atoms with Crippen LogP contribution in [0.4, 0.5) is 0 Å². The van der Waals surface area contributed by atoms with Crippen molar-refractivity contribution in [3.8, 4) is 0 Å². The number of hydrogen-bond acceptors (Lipinski definition) is 4. The Bertz CT molecular complexity index is 2360. The van der Waals surface area contributed by atoms with E-state index in [1.807, 2.05) is 18.3 Å². The van der Waals surface area contributed by atoms with Gasteiger partial charge in [0.15, 0.2) is 0 Å². The summed E-state index contributed by atoms with van der Waals surface area (Å²) in [6.45, 7) is 0.683. The van der Waals surface area contributed by atoms with Crippen LogP contribution in [0.25, 0.3) is 33.7 Å². The van der Waals surface area contributed by atoms with Crippen LogP contribution in [0.5, 0.6) is 0 Å². The maximum absolute atomic E-state index is 6.25. The summed E-state index contributed by atoms with van der Waals surface area (Å²) in [7, 11) is -1.20. The van der Waals surface area contributed by atoms with Crippen LogP contribution in [-0.4, -0.2) is 18.5 Å². The summed E-state index contributed by atoms with van der Waals surface area (Å²) in [5.41, 5.74) is 10.6. The number of rotatable bonds is 7. The third-order valence-corrected chi connectivity index (χ3v) is 16.0. The van der Waals surface area contributed by atoms with E-state index in [0.717, 1.165) is 45.2 Å². The van der Waals surface area contributed by atoms with E-state index in [4.69, 9.17) is 4.42 Å². The molecule has 1 saturated heterocycles. The molecular formula is C48H47N3OP+. The van der Waals surface area contributed by atoms with Crippen LogP contribution < -0.4 is 21.3 Å². The third kappa shape index (κ3) is 7.02. The lowest BCUT2D eigenvalue weighted by Gasteiger charge is -2.34. The van der Waals surface area contributed by atoms with E-state index >= 15 is 0 Å². The third-order valence-electron chi connectivity index (χ3n) is 11.3.